The molecule has 0 aromatic heterocycles. The highest BCUT2D eigenvalue weighted by atomic mass is 19.1. The molecular weight excluding hydrogens is 239 g/mol. The van der Waals surface area contributed by atoms with Gasteiger partial charge in [0.15, 0.2) is 0 Å². The van der Waals surface area contributed by atoms with Gasteiger partial charge in [-0.3, -0.25) is 0 Å². The fraction of sp³-hybridized carbons (Fsp3) is 0.562. The van der Waals surface area contributed by atoms with Crippen LogP contribution in [0.4, 0.5) is 10.1 Å². The SMILES string of the molecule is CC1(C)CCCC(Nc2ccc(F)c(C#N)c2)CC1. The maximum absolute atomic E-state index is 13.3. The van der Waals surface area contributed by atoms with Gasteiger partial charge in [0.05, 0.1) is 5.56 Å². The van der Waals surface area contributed by atoms with Crippen molar-refractivity contribution in [2.75, 3.05) is 5.32 Å². The Morgan fingerprint density at radius 2 is 2.11 bits per heavy atom. The summed E-state index contributed by atoms with van der Waals surface area (Å²) in [5.74, 6) is -0.449. The van der Waals surface area contributed by atoms with Crippen LogP contribution < -0.4 is 5.32 Å². The summed E-state index contributed by atoms with van der Waals surface area (Å²) in [6, 6.07) is 6.99. The summed E-state index contributed by atoms with van der Waals surface area (Å²) >= 11 is 0. The molecule has 1 saturated carbocycles. The smallest absolute Gasteiger partial charge is 0.141 e. The van der Waals surface area contributed by atoms with Crippen LogP contribution in [-0.2, 0) is 0 Å². The van der Waals surface area contributed by atoms with Crippen LogP contribution >= 0.6 is 0 Å². The number of hydrogen-bond donors (Lipinski definition) is 1. The zero-order valence-corrected chi connectivity index (χ0v) is 11.7. The largest absolute Gasteiger partial charge is 0.382 e. The maximum Gasteiger partial charge on any atom is 0.141 e. The zero-order chi connectivity index (χ0) is 13.9. The molecule has 0 amide bonds. The van der Waals surface area contributed by atoms with E-state index in [0.717, 1.165) is 18.5 Å². The molecule has 0 heterocycles. The topological polar surface area (TPSA) is 35.8 Å². The van der Waals surface area contributed by atoms with E-state index in [9.17, 15) is 4.39 Å². The number of nitrogens with one attached hydrogen (secondary N) is 1. The highest BCUT2D eigenvalue weighted by Gasteiger charge is 2.24. The highest BCUT2D eigenvalue weighted by molar-refractivity contribution is 5.50. The minimum Gasteiger partial charge on any atom is -0.382 e. The lowest BCUT2D eigenvalue weighted by Gasteiger charge is -2.22. The van der Waals surface area contributed by atoms with E-state index in [4.69, 9.17) is 5.26 Å². The number of anilines is 1. The second kappa shape index (κ2) is 5.61. The Morgan fingerprint density at radius 3 is 2.84 bits per heavy atom. The predicted molar refractivity (Wildman–Crippen MR) is 75.4 cm³/mol. The molecule has 1 fully saturated rings. The Kier molecular flexibility index (Phi) is 4.09. The highest BCUT2D eigenvalue weighted by Crippen LogP contribution is 2.34. The molecule has 1 aromatic carbocycles. The lowest BCUT2D eigenvalue weighted by Crippen LogP contribution is -2.19. The summed E-state index contributed by atoms with van der Waals surface area (Å²) < 4.78 is 13.3. The van der Waals surface area contributed by atoms with Crippen LogP contribution in [0, 0.1) is 22.6 Å². The Balaban J connectivity index is 2.03. The summed E-state index contributed by atoms with van der Waals surface area (Å²) in [6.07, 6.45) is 5.96. The number of hydrogen-bond acceptors (Lipinski definition) is 2. The average molecular weight is 260 g/mol. The van der Waals surface area contributed by atoms with E-state index in [1.54, 1.807) is 12.1 Å². The molecule has 3 heteroatoms. The first-order valence-corrected chi connectivity index (χ1v) is 6.96. The third kappa shape index (κ3) is 3.70. The van der Waals surface area contributed by atoms with Crippen LogP contribution in [0.3, 0.4) is 0 Å². The van der Waals surface area contributed by atoms with Crippen molar-refractivity contribution in [3.8, 4) is 6.07 Å². The van der Waals surface area contributed by atoms with Crippen LogP contribution in [0.2, 0.25) is 0 Å². The standard InChI is InChI=1S/C16H21FN2/c1-16(2)8-3-4-13(7-9-16)19-14-5-6-15(17)12(10-14)11-18/h5-6,10,13,19H,3-4,7-9H2,1-2H3. The first-order chi connectivity index (χ1) is 9.00. The van der Waals surface area contributed by atoms with E-state index in [1.807, 2.05) is 6.07 Å². The molecule has 1 aromatic rings. The van der Waals surface area contributed by atoms with Gasteiger partial charge in [0, 0.05) is 11.7 Å². The average Bonchev–Trinajstić information content (AvgIpc) is 2.53. The van der Waals surface area contributed by atoms with Crippen LogP contribution in [0.15, 0.2) is 18.2 Å². The van der Waals surface area contributed by atoms with Crippen LogP contribution in [0.1, 0.15) is 51.5 Å². The summed E-state index contributed by atoms with van der Waals surface area (Å²) in [5.41, 5.74) is 1.39. The predicted octanol–water partition coefficient (Wildman–Crippen LogP) is 4.47. The van der Waals surface area contributed by atoms with Gasteiger partial charge in [-0.2, -0.15) is 5.26 Å². The molecule has 102 valence electrons. The van der Waals surface area contributed by atoms with E-state index >= 15 is 0 Å². The first-order valence-electron chi connectivity index (χ1n) is 6.96. The van der Waals surface area contributed by atoms with E-state index in [0.29, 0.717) is 11.5 Å². The van der Waals surface area contributed by atoms with Crippen molar-refractivity contribution < 1.29 is 4.39 Å². The molecule has 1 unspecified atom stereocenters. The summed E-state index contributed by atoms with van der Waals surface area (Å²) in [5, 5.41) is 12.3. The van der Waals surface area contributed by atoms with Crippen LogP contribution in [0.25, 0.3) is 0 Å². The summed E-state index contributed by atoms with van der Waals surface area (Å²) in [6.45, 7) is 4.64. The number of benzene rings is 1. The normalized spacial score (nSPS) is 22.3. The lowest BCUT2D eigenvalue weighted by molar-refractivity contribution is 0.313. The Labute approximate surface area is 114 Å². The molecule has 1 aliphatic rings. The third-order valence-electron chi connectivity index (χ3n) is 4.03. The van der Waals surface area contributed by atoms with Gasteiger partial charge >= 0.3 is 0 Å². The molecule has 0 radical (unpaired) electrons. The second-order valence-corrected chi connectivity index (χ2v) is 6.24. The Bertz CT molecular complexity index is 488. The third-order valence-corrected chi connectivity index (χ3v) is 4.03. The molecule has 0 aliphatic heterocycles. The lowest BCUT2D eigenvalue weighted by atomic mass is 9.85. The van der Waals surface area contributed by atoms with Gasteiger partial charge in [-0.25, -0.2) is 4.39 Å². The van der Waals surface area contributed by atoms with Crippen molar-refractivity contribution >= 4 is 5.69 Å². The molecule has 1 N–H and O–H groups in total. The van der Waals surface area contributed by atoms with Crippen molar-refractivity contribution in [1.29, 1.82) is 5.26 Å². The van der Waals surface area contributed by atoms with Gasteiger partial charge in [0.1, 0.15) is 11.9 Å². The van der Waals surface area contributed by atoms with Crippen molar-refractivity contribution in [1.82, 2.24) is 0 Å². The number of nitriles is 1. The quantitative estimate of drug-likeness (QED) is 0.796. The van der Waals surface area contributed by atoms with Gasteiger partial charge in [-0.1, -0.05) is 20.3 Å². The Morgan fingerprint density at radius 1 is 1.32 bits per heavy atom. The molecule has 0 saturated heterocycles. The number of rotatable bonds is 2. The molecule has 19 heavy (non-hydrogen) atoms. The van der Waals surface area contributed by atoms with E-state index in [-0.39, 0.29) is 5.56 Å². The van der Waals surface area contributed by atoms with Crippen LogP contribution in [0.5, 0.6) is 0 Å². The monoisotopic (exact) mass is 260 g/mol. The summed E-state index contributed by atoms with van der Waals surface area (Å²) in [4.78, 5) is 0. The van der Waals surface area contributed by atoms with E-state index in [1.165, 1.54) is 25.3 Å². The van der Waals surface area contributed by atoms with Gasteiger partial charge < -0.3 is 5.32 Å². The fourth-order valence-electron chi connectivity index (χ4n) is 2.74. The zero-order valence-electron chi connectivity index (χ0n) is 11.7. The van der Waals surface area contributed by atoms with Gasteiger partial charge in [-0.15, -0.1) is 0 Å². The van der Waals surface area contributed by atoms with E-state index < -0.39 is 5.82 Å². The second-order valence-electron chi connectivity index (χ2n) is 6.24. The van der Waals surface area contributed by atoms with Crippen molar-refractivity contribution in [2.24, 2.45) is 5.41 Å². The van der Waals surface area contributed by atoms with Gasteiger partial charge in [0.2, 0.25) is 0 Å². The maximum atomic E-state index is 13.3. The molecule has 1 atom stereocenters. The molecule has 0 bridgehead atoms. The number of nitrogens with zero attached hydrogens (tertiary/aromatic N) is 1. The molecule has 2 rings (SSSR count). The van der Waals surface area contributed by atoms with Crippen molar-refractivity contribution in [2.45, 2.75) is 52.0 Å². The molecule has 0 spiro atoms. The van der Waals surface area contributed by atoms with Crippen molar-refractivity contribution in [3.63, 3.8) is 0 Å². The first kappa shape index (κ1) is 13.9. The van der Waals surface area contributed by atoms with Crippen molar-refractivity contribution in [3.05, 3.63) is 29.6 Å². The van der Waals surface area contributed by atoms with E-state index in [2.05, 4.69) is 19.2 Å². The molecule has 1 aliphatic carbocycles. The van der Waals surface area contributed by atoms with Gasteiger partial charge in [0.25, 0.3) is 0 Å². The minimum absolute atomic E-state index is 0.110. The van der Waals surface area contributed by atoms with Crippen LogP contribution in [-0.4, -0.2) is 6.04 Å². The Hall–Kier alpha value is -1.56. The minimum atomic E-state index is -0.449. The number of halogens is 1. The molecular formula is C16H21FN2. The molecule has 2 nitrogen and oxygen atoms in total. The van der Waals surface area contributed by atoms with Gasteiger partial charge in [-0.05, 0) is 49.3 Å². The fourth-order valence-corrected chi connectivity index (χ4v) is 2.74. The summed E-state index contributed by atoms with van der Waals surface area (Å²) in [7, 11) is 0.